The number of aliphatic hydroxyl groups is 1. The Bertz CT molecular complexity index is 465. The Morgan fingerprint density at radius 1 is 1.47 bits per heavy atom. The van der Waals surface area contributed by atoms with E-state index in [0.717, 1.165) is 11.0 Å². The quantitative estimate of drug-likeness (QED) is 0.757. The molecule has 0 bridgehead atoms. The molecular weight excluding hydrogens is 230 g/mol. The zero-order chi connectivity index (χ0) is 12.6. The highest BCUT2D eigenvalue weighted by molar-refractivity contribution is 5.98. The standard InChI is InChI=1S/C11H12F2N2O2/c12-7-1-2-8(14)11(10(7)13)15-4-6(5-16)3-9(15)17/h1-2,6,16H,3-5,14H2. The molecule has 1 atom stereocenters. The number of nitrogens with zero attached hydrogens (tertiary/aromatic N) is 1. The van der Waals surface area contributed by atoms with Crippen molar-refractivity contribution >= 4 is 17.3 Å². The second-order valence-electron chi connectivity index (χ2n) is 4.06. The van der Waals surface area contributed by atoms with E-state index in [2.05, 4.69) is 0 Å². The molecule has 1 aromatic carbocycles. The summed E-state index contributed by atoms with van der Waals surface area (Å²) in [6.07, 6.45) is 0.117. The fraction of sp³-hybridized carbons (Fsp3) is 0.364. The molecule has 6 heteroatoms. The fourth-order valence-corrected chi connectivity index (χ4v) is 1.95. The van der Waals surface area contributed by atoms with Crippen LogP contribution in [0.1, 0.15) is 6.42 Å². The third-order valence-corrected chi connectivity index (χ3v) is 2.83. The maximum atomic E-state index is 13.6. The zero-order valence-electron chi connectivity index (χ0n) is 8.99. The molecular formula is C11H12F2N2O2. The lowest BCUT2D eigenvalue weighted by Crippen LogP contribution is -2.27. The van der Waals surface area contributed by atoms with E-state index in [1.165, 1.54) is 6.07 Å². The Hall–Kier alpha value is -1.69. The van der Waals surface area contributed by atoms with Gasteiger partial charge in [0, 0.05) is 25.5 Å². The second-order valence-corrected chi connectivity index (χ2v) is 4.06. The number of aliphatic hydroxyl groups excluding tert-OH is 1. The first-order valence-corrected chi connectivity index (χ1v) is 5.19. The molecule has 4 nitrogen and oxygen atoms in total. The molecule has 1 aromatic rings. The number of halogens is 2. The summed E-state index contributed by atoms with van der Waals surface area (Å²) in [4.78, 5) is 12.7. The molecule has 0 aliphatic carbocycles. The summed E-state index contributed by atoms with van der Waals surface area (Å²) in [5.41, 5.74) is 5.34. The second kappa shape index (κ2) is 4.29. The van der Waals surface area contributed by atoms with Gasteiger partial charge in [-0.15, -0.1) is 0 Å². The predicted molar refractivity (Wildman–Crippen MR) is 58.3 cm³/mol. The highest BCUT2D eigenvalue weighted by Gasteiger charge is 2.33. The number of carbonyl (C=O) groups excluding carboxylic acids is 1. The van der Waals surface area contributed by atoms with Crippen molar-refractivity contribution in [3.63, 3.8) is 0 Å². The van der Waals surface area contributed by atoms with E-state index in [4.69, 9.17) is 10.8 Å². The number of nitrogens with two attached hydrogens (primary N) is 1. The molecule has 1 heterocycles. The molecule has 1 unspecified atom stereocenters. The lowest BCUT2D eigenvalue weighted by molar-refractivity contribution is -0.117. The van der Waals surface area contributed by atoms with Gasteiger partial charge in [0.05, 0.1) is 5.69 Å². The summed E-state index contributed by atoms with van der Waals surface area (Å²) < 4.78 is 26.7. The molecule has 1 aliphatic heterocycles. The molecule has 17 heavy (non-hydrogen) atoms. The van der Waals surface area contributed by atoms with Crippen molar-refractivity contribution in [3.05, 3.63) is 23.8 Å². The lowest BCUT2D eigenvalue weighted by Gasteiger charge is -2.19. The summed E-state index contributed by atoms with van der Waals surface area (Å²) in [6, 6.07) is 2.13. The van der Waals surface area contributed by atoms with Crippen LogP contribution in [-0.2, 0) is 4.79 Å². The van der Waals surface area contributed by atoms with E-state index < -0.39 is 11.6 Å². The third-order valence-electron chi connectivity index (χ3n) is 2.83. The molecule has 1 amide bonds. The zero-order valence-corrected chi connectivity index (χ0v) is 8.99. The van der Waals surface area contributed by atoms with Crippen molar-refractivity contribution in [1.82, 2.24) is 0 Å². The van der Waals surface area contributed by atoms with Crippen molar-refractivity contribution < 1.29 is 18.7 Å². The summed E-state index contributed by atoms with van der Waals surface area (Å²) in [6.45, 7) is -0.0149. The Kier molecular flexibility index (Phi) is 2.97. The Labute approximate surface area is 96.6 Å². The monoisotopic (exact) mass is 242 g/mol. The molecule has 2 rings (SSSR count). The van der Waals surface area contributed by atoms with Gasteiger partial charge < -0.3 is 15.7 Å². The van der Waals surface area contributed by atoms with Crippen LogP contribution in [0.2, 0.25) is 0 Å². The van der Waals surface area contributed by atoms with Crippen LogP contribution in [0.5, 0.6) is 0 Å². The topological polar surface area (TPSA) is 66.6 Å². The maximum absolute atomic E-state index is 13.6. The minimum atomic E-state index is -1.13. The number of rotatable bonds is 2. The van der Waals surface area contributed by atoms with Crippen molar-refractivity contribution in [2.45, 2.75) is 6.42 Å². The molecule has 0 radical (unpaired) electrons. The molecule has 3 N–H and O–H groups in total. The third kappa shape index (κ3) is 1.95. The van der Waals surface area contributed by atoms with E-state index in [1.54, 1.807) is 0 Å². The van der Waals surface area contributed by atoms with Gasteiger partial charge in [-0.1, -0.05) is 0 Å². The number of nitrogen functional groups attached to an aromatic ring is 1. The van der Waals surface area contributed by atoms with Crippen LogP contribution >= 0.6 is 0 Å². The minimum absolute atomic E-state index is 0.0100. The summed E-state index contributed by atoms with van der Waals surface area (Å²) in [5, 5.41) is 8.96. The van der Waals surface area contributed by atoms with E-state index in [-0.39, 0.29) is 42.8 Å². The number of hydrogen-bond donors (Lipinski definition) is 2. The smallest absolute Gasteiger partial charge is 0.227 e. The largest absolute Gasteiger partial charge is 0.397 e. The normalized spacial score (nSPS) is 20.1. The molecule has 1 saturated heterocycles. The van der Waals surface area contributed by atoms with Gasteiger partial charge >= 0.3 is 0 Å². The van der Waals surface area contributed by atoms with E-state index in [9.17, 15) is 13.6 Å². The number of anilines is 2. The van der Waals surface area contributed by atoms with Gasteiger partial charge in [-0.25, -0.2) is 8.78 Å². The average molecular weight is 242 g/mol. The van der Waals surface area contributed by atoms with Crippen LogP contribution in [0.15, 0.2) is 12.1 Å². The van der Waals surface area contributed by atoms with E-state index in [1.807, 2.05) is 0 Å². The molecule has 1 aliphatic rings. The van der Waals surface area contributed by atoms with Crippen molar-refractivity contribution in [2.24, 2.45) is 5.92 Å². The molecule has 92 valence electrons. The van der Waals surface area contributed by atoms with E-state index in [0.29, 0.717) is 0 Å². The first-order valence-electron chi connectivity index (χ1n) is 5.19. The Morgan fingerprint density at radius 3 is 2.76 bits per heavy atom. The van der Waals surface area contributed by atoms with Crippen LogP contribution in [-0.4, -0.2) is 24.2 Å². The Morgan fingerprint density at radius 2 is 2.18 bits per heavy atom. The molecule has 0 spiro atoms. The van der Waals surface area contributed by atoms with Gasteiger partial charge in [-0.05, 0) is 12.1 Å². The van der Waals surface area contributed by atoms with Gasteiger partial charge in [0.15, 0.2) is 11.6 Å². The lowest BCUT2D eigenvalue weighted by atomic mass is 10.1. The summed E-state index contributed by atoms with van der Waals surface area (Å²) >= 11 is 0. The number of hydrogen-bond acceptors (Lipinski definition) is 3. The van der Waals surface area contributed by atoms with Crippen molar-refractivity contribution in [3.8, 4) is 0 Å². The van der Waals surface area contributed by atoms with Gasteiger partial charge in [0.1, 0.15) is 5.69 Å². The van der Waals surface area contributed by atoms with Gasteiger partial charge in [-0.2, -0.15) is 0 Å². The summed E-state index contributed by atoms with van der Waals surface area (Å²) in [7, 11) is 0. The Balaban J connectivity index is 2.41. The molecule has 0 saturated carbocycles. The first-order chi connectivity index (χ1) is 8.04. The predicted octanol–water partition coefficient (Wildman–Crippen LogP) is 0.892. The highest BCUT2D eigenvalue weighted by atomic mass is 19.2. The van der Waals surface area contributed by atoms with Gasteiger partial charge in [0.25, 0.3) is 0 Å². The van der Waals surface area contributed by atoms with Crippen molar-refractivity contribution in [1.29, 1.82) is 0 Å². The van der Waals surface area contributed by atoms with Crippen LogP contribution in [0.25, 0.3) is 0 Å². The number of benzene rings is 1. The molecule has 1 fully saturated rings. The minimum Gasteiger partial charge on any atom is -0.397 e. The van der Waals surface area contributed by atoms with Crippen LogP contribution in [0.4, 0.5) is 20.2 Å². The first kappa shape index (κ1) is 11.8. The van der Waals surface area contributed by atoms with Crippen LogP contribution < -0.4 is 10.6 Å². The van der Waals surface area contributed by atoms with Crippen molar-refractivity contribution in [2.75, 3.05) is 23.8 Å². The average Bonchev–Trinajstić information content (AvgIpc) is 2.66. The SMILES string of the molecule is Nc1ccc(F)c(F)c1N1CC(CO)CC1=O. The van der Waals surface area contributed by atoms with Gasteiger partial charge in [0.2, 0.25) is 5.91 Å². The highest BCUT2D eigenvalue weighted by Crippen LogP contribution is 2.33. The van der Waals surface area contributed by atoms with E-state index >= 15 is 0 Å². The van der Waals surface area contributed by atoms with Crippen LogP contribution in [0, 0.1) is 17.6 Å². The number of carbonyl (C=O) groups is 1. The summed E-state index contributed by atoms with van der Waals surface area (Å²) in [5.74, 6) is -2.80. The number of amides is 1. The maximum Gasteiger partial charge on any atom is 0.227 e. The fourth-order valence-electron chi connectivity index (χ4n) is 1.95. The van der Waals surface area contributed by atoms with Crippen LogP contribution in [0.3, 0.4) is 0 Å². The van der Waals surface area contributed by atoms with Gasteiger partial charge in [-0.3, -0.25) is 4.79 Å². The molecule has 0 aromatic heterocycles.